The van der Waals surface area contributed by atoms with Gasteiger partial charge in [-0.3, -0.25) is 4.79 Å². The molecule has 24 heavy (non-hydrogen) atoms. The molecule has 1 heterocycles. The molecule has 1 saturated carbocycles. The molecule has 1 amide bonds. The van der Waals surface area contributed by atoms with Gasteiger partial charge in [-0.2, -0.15) is 0 Å². The van der Waals surface area contributed by atoms with Crippen LogP contribution in [-0.4, -0.2) is 5.91 Å². The molecule has 0 aliphatic heterocycles. The second kappa shape index (κ2) is 6.52. The Morgan fingerprint density at radius 2 is 1.71 bits per heavy atom. The maximum atomic E-state index is 12.7. The quantitative estimate of drug-likeness (QED) is 0.748. The fourth-order valence-corrected chi connectivity index (χ4v) is 3.56. The molecule has 3 aromatic rings. The predicted octanol–water partition coefficient (Wildman–Crippen LogP) is 4.83. The fraction of sp³-hybridized carbons (Fsp3) is 0.286. The first-order valence-corrected chi connectivity index (χ1v) is 8.65. The first-order chi connectivity index (χ1) is 11.8. The lowest BCUT2D eigenvalue weighted by molar-refractivity contribution is -0.125. The molecule has 0 unspecified atom stereocenters. The van der Waals surface area contributed by atoms with Crippen LogP contribution in [-0.2, 0) is 4.79 Å². The maximum Gasteiger partial charge on any atom is 0.223 e. The molecule has 1 atom stereocenters. The molecule has 1 fully saturated rings. The predicted molar refractivity (Wildman–Crippen MR) is 94.6 cm³/mol. The summed E-state index contributed by atoms with van der Waals surface area (Å²) >= 11 is 0. The second-order valence-electron chi connectivity index (χ2n) is 6.52. The Labute approximate surface area is 141 Å². The Balaban J connectivity index is 1.68. The SMILES string of the molecule is O=C(N[C@H](c1ccccc1)c1cc2ccccc2o1)C1CCCC1. The van der Waals surface area contributed by atoms with Crippen LogP contribution < -0.4 is 5.32 Å². The molecule has 1 N–H and O–H groups in total. The second-order valence-corrected chi connectivity index (χ2v) is 6.52. The van der Waals surface area contributed by atoms with Gasteiger partial charge in [-0.25, -0.2) is 0 Å². The Hall–Kier alpha value is -2.55. The smallest absolute Gasteiger partial charge is 0.223 e. The lowest BCUT2D eigenvalue weighted by Crippen LogP contribution is -2.33. The first kappa shape index (κ1) is 15.0. The van der Waals surface area contributed by atoms with Crippen molar-refractivity contribution in [1.29, 1.82) is 0 Å². The van der Waals surface area contributed by atoms with E-state index in [9.17, 15) is 4.79 Å². The summed E-state index contributed by atoms with van der Waals surface area (Å²) in [6.45, 7) is 0. The molecular weight excluding hydrogens is 298 g/mol. The zero-order chi connectivity index (χ0) is 16.4. The number of hydrogen-bond acceptors (Lipinski definition) is 2. The number of benzene rings is 2. The topological polar surface area (TPSA) is 42.2 Å². The minimum atomic E-state index is -0.244. The van der Waals surface area contributed by atoms with Crippen molar-refractivity contribution in [3.63, 3.8) is 0 Å². The van der Waals surface area contributed by atoms with Crippen LogP contribution >= 0.6 is 0 Å². The van der Waals surface area contributed by atoms with Gasteiger partial charge in [0.15, 0.2) is 0 Å². The van der Waals surface area contributed by atoms with Gasteiger partial charge in [0.1, 0.15) is 17.4 Å². The number of carbonyl (C=O) groups excluding carboxylic acids is 1. The van der Waals surface area contributed by atoms with E-state index in [0.717, 1.165) is 48.0 Å². The van der Waals surface area contributed by atoms with Crippen LogP contribution in [0.3, 0.4) is 0 Å². The molecule has 0 saturated heterocycles. The van der Waals surface area contributed by atoms with Crippen LogP contribution in [0.4, 0.5) is 0 Å². The Bertz CT molecular complexity index is 798. The molecule has 0 radical (unpaired) electrons. The summed E-state index contributed by atoms with van der Waals surface area (Å²) in [5, 5.41) is 4.28. The van der Waals surface area contributed by atoms with E-state index in [1.165, 1.54) is 0 Å². The number of hydrogen-bond donors (Lipinski definition) is 1. The van der Waals surface area contributed by atoms with Crippen molar-refractivity contribution in [3.8, 4) is 0 Å². The summed E-state index contributed by atoms with van der Waals surface area (Å²) in [7, 11) is 0. The highest BCUT2D eigenvalue weighted by Crippen LogP contribution is 2.30. The highest BCUT2D eigenvalue weighted by molar-refractivity contribution is 5.81. The third kappa shape index (κ3) is 2.94. The van der Waals surface area contributed by atoms with Crippen molar-refractivity contribution in [2.45, 2.75) is 31.7 Å². The van der Waals surface area contributed by atoms with Crippen LogP contribution in [0.15, 0.2) is 65.1 Å². The van der Waals surface area contributed by atoms with Gasteiger partial charge in [0.2, 0.25) is 5.91 Å². The van der Waals surface area contributed by atoms with Crippen molar-refractivity contribution < 1.29 is 9.21 Å². The van der Waals surface area contributed by atoms with Crippen LogP contribution in [0, 0.1) is 5.92 Å². The van der Waals surface area contributed by atoms with Crippen molar-refractivity contribution in [1.82, 2.24) is 5.32 Å². The van der Waals surface area contributed by atoms with E-state index in [1.807, 2.05) is 60.7 Å². The standard InChI is InChI=1S/C21H21NO2/c23-21(16-10-4-5-11-16)22-20(15-8-2-1-3-9-15)19-14-17-12-6-7-13-18(17)24-19/h1-3,6-9,12-14,16,20H,4-5,10-11H2,(H,22,23)/t20-/m1/s1. The van der Waals surface area contributed by atoms with Gasteiger partial charge in [0.05, 0.1) is 0 Å². The largest absolute Gasteiger partial charge is 0.459 e. The zero-order valence-electron chi connectivity index (χ0n) is 13.6. The Kier molecular flexibility index (Phi) is 4.08. The van der Waals surface area contributed by atoms with Gasteiger partial charge in [-0.1, -0.05) is 61.4 Å². The zero-order valence-corrected chi connectivity index (χ0v) is 13.6. The highest BCUT2D eigenvalue weighted by Gasteiger charge is 2.27. The minimum Gasteiger partial charge on any atom is -0.459 e. The van der Waals surface area contributed by atoms with E-state index < -0.39 is 0 Å². The maximum absolute atomic E-state index is 12.7. The third-order valence-corrected chi connectivity index (χ3v) is 4.87. The summed E-state index contributed by atoms with van der Waals surface area (Å²) in [6, 6.07) is 19.8. The van der Waals surface area contributed by atoms with E-state index in [0.29, 0.717) is 0 Å². The number of para-hydroxylation sites is 1. The number of fused-ring (bicyclic) bond motifs is 1. The molecule has 3 nitrogen and oxygen atoms in total. The number of amides is 1. The van der Waals surface area contributed by atoms with Gasteiger partial charge >= 0.3 is 0 Å². The van der Waals surface area contributed by atoms with E-state index in [4.69, 9.17) is 4.42 Å². The number of nitrogens with one attached hydrogen (secondary N) is 1. The molecule has 1 aliphatic carbocycles. The van der Waals surface area contributed by atoms with Crippen LogP contribution in [0.2, 0.25) is 0 Å². The van der Waals surface area contributed by atoms with Gasteiger partial charge in [-0.05, 0) is 30.5 Å². The highest BCUT2D eigenvalue weighted by atomic mass is 16.3. The number of furan rings is 1. The third-order valence-electron chi connectivity index (χ3n) is 4.87. The summed E-state index contributed by atoms with van der Waals surface area (Å²) in [5.41, 5.74) is 1.89. The average Bonchev–Trinajstić information content (AvgIpc) is 3.29. The first-order valence-electron chi connectivity index (χ1n) is 8.65. The molecule has 3 heteroatoms. The Morgan fingerprint density at radius 3 is 2.46 bits per heavy atom. The molecule has 122 valence electrons. The van der Waals surface area contributed by atoms with Crippen molar-refractivity contribution in [2.75, 3.05) is 0 Å². The molecule has 0 bridgehead atoms. The van der Waals surface area contributed by atoms with Gasteiger partial charge in [-0.15, -0.1) is 0 Å². The van der Waals surface area contributed by atoms with E-state index in [2.05, 4.69) is 5.32 Å². The molecule has 1 aliphatic rings. The average molecular weight is 319 g/mol. The summed E-state index contributed by atoms with van der Waals surface area (Å²) in [5.74, 6) is 1.07. The Morgan fingerprint density at radius 1 is 1.00 bits per heavy atom. The molecule has 0 spiro atoms. The van der Waals surface area contributed by atoms with Crippen molar-refractivity contribution >= 4 is 16.9 Å². The van der Waals surface area contributed by atoms with E-state index >= 15 is 0 Å². The van der Waals surface area contributed by atoms with Crippen molar-refractivity contribution in [2.24, 2.45) is 5.92 Å². The van der Waals surface area contributed by atoms with Gasteiger partial charge in [0, 0.05) is 11.3 Å². The lowest BCUT2D eigenvalue weighted by Gasteiger charge is -2.19. The van der Waals surface area contributed by atoms with Gasteiger partial charge in [0.25, 0.3) is 0 Å². The van der Waals surface area contributed by atoms with Crippen LogP contribution in [0.5, 0.6) is 0 Å². The van der Waals surface area contributed by atoms with E-state index in [1.54, 1.807) is 0 Å². The number of rotatable bonds is 4. The fourth-order valence-electron chi connectivity index (χ4n) is 3.56. The number of carbonyl (C=O) groups is 1. The molecule has 2 aromatic carbocycles. The normalized spacial score (nSPS) is 16.3. The summed E-state index contributed by atoms with van der Waals surface area (Å²) in [4.78, 5) is 12.7. The van der Waals surface area contributed by atoms with Crippen LogP contribution in [0.25, 0.3) is 11.0 Å². The van der Waals surface area contributed by atoms with Crippen molar-refractivity contribution in [3.05, 3.63) is 72.0 Å². The monoisotopic (exact) mass is 319 g/mol. The van der Waals surface area contributed by atoms with E-state index in [-0.39, 0.29) is 17.9 Å². The minimum absolute atomic E-state index is 0.139. The van der Waals surface area contributed by atoms with Crippen LogP contribution in [0.1, 0.15) is 43.0 Å². The summed E-state index contributed by atoms with van der Waals surface area (Å²) in [6.07, 6.45) is 4.29. The molecule has 4 rings (SSSR count). The summed E-state index contributed by atoms with van der Waals surface area (Å²) < 4.78 is 6.03. The molecule has 1 aromatic heterocycles. The lowest BCUT2D eigenvalue weighted by atomic mass is 10.0. The van der Waals surface area contributed by atoms with Gasteiger partial charge < -0.3 is 9.73 Å². The molecular formula is C21H21NO2.